The molecule has 0 nitrogen and oxygen atoms in total. The molecule has 0 aliphatic heterocycles. The molecule has 0 aliphatic rings. The van der Waals surface area contributed by atoms with Crippen molar-refractivity contribution in [2.45, 2.75) is 111 Å². The Kier molecular flexibility index (Phi) is 24.4. The van der Waals surface area contributed by atoms with E-state index in [-0.39, 0.29) is 0 Å². The summed E-state index contributed by atoms with van der Waals surface area (Å²) in [5, 5.41) is 16.1. The van der Waals surface area contributed by atoms with Crippen LogP contribution < -0.4 is 0 Å². The molecule has 14 rings (SSSR count). The molecule has 0 N–H and O–H groups in total. The summed E-state index contributed by atoms with van der Waals surface area (Å²) in [4.78, 5) is 0. The van der Waals surface area contributed by atoms with E-state index >= 15 is 0 Å². The Balaban J connectivity index is 0.000000146. The normalized spacial score (nSPS) is 10.3. The van der Waals surface area contributed by atoms with Gasteiger partial charge in [0.15, 0.2) is 0 Å². The molecular formula is C88H92. The van der Waals surface area contributed by atoms with Crippen molar-refractivity contribution in [2.24, 2.45) is 0 Å². The third-order valence-corrected chi connectivity index (χ3v) is 15.9. The minimum absolute atomic E-state index is 1.32. The molecule has 0 fully saturated rings. The molecule has 0 radical (unpaired) electrons. The molecule has 0 spiro atoms. The Bertz CT molecular complexity index is 4190. The molecule has 0 bridgehead atoms. The summed E-state index contributed by atoms with van der Waals surface area (Å²) in [6, 6.07) is 95.0. The van der Waals surface area contributed by atoms with Gasteiger partial charge in [0.05, 0.1) is 0 Å². The van der Waals surface area contributed by atoms with Gasteiger partial charge in [0.2, 0.25) is 0 Å². The first kappa shape index (κ1) is 66.2. The van der Waals surface area contributed by atoms with E-state index in [0.29, 0.717) is 0 Å². The molecule has 444 valence electrons. The Morgan fingerprint density at radius 1 is 0.125 bits per heavy atom. The lowest BCUT2D eigenvalue weighted by Crippen LogP contribution is -1.82. The average molecular weight is 1150 g/mol. The average Bonchev–Trinajstić information content (AvgIpc) is 2.56. The van der Waals surface area contributed by atoms with Crippen molar-refractivity contribution in [2.75, 3.05) is 0 Å². The van der Waals surface area contributed by atoms with Crippen LogP contribution in [0.15, 0.2) is 267 Å². The van der Waals surface area contributed by atoms with Crippen molar-refractivity contribution < 1.29 is 0 Å². The lowest BCUT2D eigenvalue weighted by Gasteiger charge is -2.06. The molecule has 0 heteroatoms. The van der Waals surface area contributed by atoms with Gasteiger partial charge in [-0.15, -0.1) is 0 Å². The second-order valence-electron chi connectivity index (χ2n) is 24.2. The van der Waals surface area contributed by atoms with Crippen molar-refractivity contribution in [1.29, 1.82) is 0 Å². The second kappa shape index (κ2) is 32.4. The van der Waals surface area contributed by atoms with E-state index in [1.54, 1.807) is 0 Å². The lowest BCUT2D eigenvalue weighted by molar-refractivity contribution is 1.34. The predicted molar refractivity (Wildman–Crippen MR) is 392 cm³/mol. The monoisotopic (exact) mass is 1150 g/mol. The quantitative estimate of drug-likeness (QED) is 0.133. The van der Waals surface area contributed by atoms with Crippen LogP contribution in [0, 0.1) is 111 Å². The molecule has 0 heterocycles. The number of rotatable bonds is 0. The minimum Gasteiger partial charge on any atom is -0.0620 e. The zero-order valence-electron chi connectivity index (χ0n) is 55.4. The summed E-state index contributed by atoms with van der Waals surface area (Å²) in [5.74, 6) is 0. The Morgan fingerprint density at radius 3 is 0.659 bits per heavy atom. The van der Waals surface area contributed by atoms with Gasteiger partial charge in [-0.25, -0.2) is 0 Å². The van der Waals surface area contributed by atoms with Crippen LogP contribution in [0.25, 0.3) is 64.6 Å². The smallest absolute Gasteiger partial charge is 0.0148 e. The Labute approximate surface area is 528 Å². The van der Waals surface area contributed by atoms with Crippen molar-refractivity contribution >= 4 is 64.6 Å². The zero-order chi connectivity index (χ0) is 63.3. The third kappa shape index (κ3) is 20.1. The highest BCUT2D eigenvalue weighted by atomic mass is 14.1. The highest BCUT2D eigenvalue weighted by Gasteiger charge is 2.03. The van der Waals surface area contributed by atoms with Gasteiger partial charge in [0.1, 0.15) is 0 Å². The molecule has 14 aromatic carbocycles. The molecule has 0 aromatic heterocycles. The highest BCUT2D eigenvalue weighted by molar-refractivity contribution is 6.01. The van der Waals surface area contributed by atoms with E-state index in [1.807, 2.05) is 0 Å². The highest BCUT2D eigenvalue weighted by Crippen LogP contribution is 2.28. The second-order valence-corrected chi connectivity index (χ2v) is 24.2. The van der Waals surface area contributed by atoms with E-state index in [2.05, 4.69) is 378 Å². The SMILES string of the molecule is Cc1ccc2cc3ccc(C)cc3cc2c1.Cc1ccc2ccc(C)cc2c1.Cc1cccc(C)c1.Cc1cccc(C)c1.Cc1cccc(C)c1.Cc1cccc2c(C)cccc12.Cc1cccc2cc3c(C)cccc3cc12.Cc1ccccc1C. The first-order valence-electron chi connectivity index (χ1n) is 31.0. The lowest BCUT2D eigenvalue weighted by atomic mass is 9.98. The zero-order valence-corrected chi connectivity index (χ0v) is 55.4. The first-order chi connectivity index (χ1) is 42.2. The number of aryl methyl sites for hydroxylation is 16. The van der Waals surface area contributed by atoms with Crippen LogP contribution in [0.5, 0.6) is 0 Å². The topological polar surface area (TPSA) is 0 Å². The van der Waals surface area contributed by atoms with Crippen molar-refractivity contribution in [3.63, 3.8) is 0 Å². The Hall–Kier alpha value is -9.36. The fourth-order valence-corrected chi connectivity index (χ4v) is 10.8. The van der Waals surface area contributed by atoms with Gasteiger partial charge in [0, 0.05) is 0 Å². The number of hydrogen-bond acceptors (Lipinski definition) is 0. The molecule has 0 aliphatic carbocycles. The largest absolute Gasteiger partial charge is 0.0620 e. The molecule has 88 heavy (non-hydrogen) atoms. The predicted octanol–water partition coefficient (Wildman–Crippen LogP) is 25.3. The number of fused-ring (bicyclic) bond motifs is 6. The molecule has 0 saturated carbocycles. The molecule has 0 unspecified atom stereocenters. The molecule has 0 amide bonds. The van der Waals surface area contributed by atoms with Gasteiger partial charge < -0.3 is 0 Å². The summed E-state index contributed by atoms with van der Waals surface area (Å²) < 4.78 is 0. The van der Waals surface area contributed by atoms with Gasteiger partial charge in [-0.1, -0.05) is 298 Å². The van der Waals surface area contributed by atoms with Crippen LogP contribution in [0.1, 0.15) is 89.0 Å². The maximum Gasteiger partial charge on any atom is -0.0148 e. The van der Waals surface area contributed by atoms with E-state index in [4.69, 9.17) is 0 Å². The molecule has 0 atom stereocenters. The van der Waals surface area contributed by atoms with Crippen LogP contribution in [-0.4, -0.2) is 0 Å². The third-order valence-electron chi connectivity index (χ3n) is 15.9. The molecular weight excluding hydrogens is 1060 g/mol. The standard InChI is InChI=1S/2C16H14.2C12H12.4C8H10/c1-11-3-5-13-9-14-6-4-12(2)8-16(14)10-15(13)7-11;1-11-5-3-7-13-10-16-12(2)6-4-8-14(16)9-15(11)13;1-9-3-5-11-6-4-10(2)8-12(11)7-9;1-9-5-3-8-12-10(2)6-4-7-11(9)12;3*1-7-4-3-5-8(2)6-7;1-7-5-3-4-6-8(7)2/h2*3-10H,1-2H3;2*3-8H,1-2H3;4*3-6H,1-2H3. The minimum atomic E-state index is 1.32. The fraction of sp³-hybridized carbons (Fsp3) is 0.182. The maximum atomic E-state index is 2.30. The van der Waals surface area contributed by atoms with Crippen LogP contribution in [0.3, 0.4) is 0 Å². The fourth-order valence-electron chi connectivity index (χ4n) is 10.8. The van der Waals surface area contributed by atoms with Gasteiger partial charge in [-0.3, -0.25) is 0 Å². The van der Waals surface area contributed by atoms with E-state index in [1.165, 1.54) is 154 Å². The van der Waals surface area contributed by atoms with E-state index in [9.17, 15) is 0 Å². The van der Waals surface area contributed by atoms with Crippen molar-refractivity contribution in [3.8, 4) is 0 Å². The van der Waals surface area contributed by atoms with Gasteiger partial charge in [0.25, 0.3) is 0 Å². The molecule has 0 saturated heterocycles. The summed E-state index contributed by atoms with van der Waals surface area (Å²) in [6.07, 6.45) is 0. The van der Waals surface area contributed by atoms with Crippen molar-refractivity contribution in [1.82, 2.24) is 0 Å². The maximum absolute atomic E-state index is 2.30. The first-order valence-corrected chi connectivity index (χ1v) is 31.0. The van der Waals surface area contributed by atoms with E-state index in [0.717, 1.165) is 0 Å². The number of hydrogen-bond donors (Lipinski definition) is 0. The molecule has 14 aromatic rings. The van der Waals surface area contributed by atoms with Gasteiger partial charge in [-0.05, 0) is 233 Å². The van der Waals surface area contributed by atoms with Crippen LogP contribution in [-0.2, 0) is 0 Å². The summed E-state index contributed by atoms with van der Waals surface area (Å²) in [5.41, 5.74) is 21.5. The van der Waals surface area contributed by atoms with Gasteiger partial charge in [-0.2, -0.15) is 0 Å². The summed E-state index contributed by atoms with van der Waals surface area (Å²) in [7, 11) is 0. The van der Waals surface area contributed by atoms with E-state index < -0.39 is 0 Å². The van der Waals surface area contributed by atoms with Crippen LogP contribution >= 0.6 is 0 Å². The number of benzene rings is 14. The summed E-state index contributed by atoms with van der Waals surface area (Å²) in [6.45, 7) is 34.0. The van der Waals surface area contributed by atoms with Crippen LogP contribution in [0.4, 0.5) is 0 Å². The van der Waals surface area contributed by atoms with Crippen LogP contribution in [0.2, 0.25) is 0 Å². The van der Waals surface area contributed by atoms with Gasteiger partial charge >= 0.3 is 0 Å². The van der Waals surface area contributed by atoms with Crippen molar-refractivity contribution in [3.05, 3.63) is 356 Å². The summed E-state index contributed by atoms with van der Waals surface area (Å²) >= 11 is 0. The Morgan fingerprint density at radius 2 is 0.364 bits per heavy atom.